The molecule has 1 aliphatic carbocycles. The van der Waals surface area contributed by atoms with Gasteiger partial charge >= 0.3 is 0 Å². The molecular formula is C23H29NO3. The van der Waals surface area contributed by atoms with Crippen LogP contribution in [0.15, 0.2) is 53.0 Å². The Morgan fingerprint density at radius 2 is 1.74 bits per heavy atom. The summed E-state index contributed by atoms with van der Waals surface area (Å²) in [6, 6.07) is 11.7. The average molecular weight is 367 g/mol. The Bertz CT molecular complexity index is 796. The third-order valence-electron chi connectivity index (χ3n) is 4.49. The van der Waals surface area contributed by atoms with Gasteiger partial charge in [-0.3, -0.25) is 9.59 Å². The first-order chi connectivity index (χ1) is 12.8. The quantitative estimate of drug-likeness (QED) is 0.561. The molecule has 1 unspecified atom stereocenters. The highest BCUT2D eigenvalue weighted by molar-refractivity contribution is 5.99. The van der Waals surface area contributed by atoms with Crippen LogP contribution in [0.1, 0.15) is 85.1 Å². The van der Waals surface area contributed by atoms with Gasteiger partial charge in [-0.2, -0.15) is 0 Å². The lowest BCUT2D eigenvalue weighted by Gasteiger charge is -2.26. The van der Waals surface area contributed by atoms with E-state index >= 15 is 0 Å². The Labute approximate surface area is 161 Å². The van der Waals surface area contributed by atoms with Gasteiger partial charge in [0.1, 0.15) is 5.76 Å². The zero-order valence-electron chi connectivity index (χ0n) is 16.7. The Kier molecular flexibility index (Phi) is 7.17. The SMILES string of the molecule is C=C(C)C.CC(=O)c1cc(C(=O)NC2CCC2)c(C(C)c2ccccc2)o1. The van der Waals surface area contributed by atoms with Gasteiger partial charge in [-0.25, -0.2) is 0 Å². The van der Waals surface area contributed by atoms with Crippen LogP contribution in [0.3, 0.4) is 0 Å². The predicted octanol–water partition coefficient (Wildman–Crippen LogP) is 5.50. The number of hydrogen-bond acceptors (Lipinski definition) is 3. The predicted molar refractivity (Wildman–Crippen MR) is 108 cm³/mol. The highest BCUT2D eigenvalue weighted by Gasteiger charge is 2.27. The fourth-order valence-electron chi connectivity index (χ4n) is 2.79. The number of hydrogen-bond donors (Lipinski definition) is 1. The van der Waals surface area contributed by atoms with Gasteiger partial charge in [0.2, 0.25) is 0 Å². The number of ketones is 1. The lowest BCUT2D eigenvalue weighted by atomic mass is 9.92. The highest BCUT2D eigenvalue weighted by Crippen LogP contribution is 2.30. The van der Waals surface area contributed by atoms with Crippen LogP contribution in [0.4, 0.5) is 0 Å². The number of Topliss-reactive ketones (excluding diaryl/α,β-unsaturated/α-hetero) is 1. The molecule has 1 N–H and O–H groups in total. The Hall–Kier alpha value is -2.62. The molecular weight excluding hydrogens is 338 g/mol. The summed E-state index contributed by atoms with van der Waals surface area (Å²) in [5.74, 6) is 0.379. The first-order valence-corrected chi connectivity index (χ1v) is 9.42. The van der Waals surface area contributed by atoms with Crippen LogP contribution in [0.5, 0.6) is 0 Å². The van der Waals surface area contributed by atoms with Gasteiger partial charge in [0.05, 0.1) is 5.56 Å². The van der Waals surface area contributed by atoms with Gasteiger partial charge in [0.15, 0.2) is 11.5 Å². The van der Waals surface area contributed by atoms with Crippen molar-refractivity contribution in [1.82, 2.24) is 5.32 Å². The number of furan rings is 1. The zero-order chi connectivity index (χ0) is 20.0. The molecule has 1 atom stereocenters. The summed E-state index contributed by atoms with van der Waals surface area (Å²) in [5, 5.41) is 3.02. The maximum atomic E-state index is 12.6. The summed E-state index contributed by atoms with van der Waals surface area (Å²) in [7, 11) is 0. The molecule has 4 heteroatoms. The topological polar surface area (TPSA) is 59.3 Å². The molecule has 0 bridgehead atoms. The highest BCUT2D eigenvalue weighted by atomic mass is 16.3. The second-order valence-electron chi connectivity index (χ2n) is 7.39. The van der Waals surface area contributed by atoms with Gasteiger partial charge in [-0.1, -0.05) is 42.8 Å². The zero-order valence-corrected chi connectivity index (χ0v) is 16.7. The standard InChI is InChI=1S/C19H21NO3.C4H8/c1-12(14-7-4-3-5-8-14)18-16(11-17(23-18)13(2)21)19(22)20-15-9-6-10-15;1-4(2)3/h3-5,7-8,11-12,15H,6,9-10H2,1-2H3,(H,20,22);1H2,2-3H3. The van der Waals surface area contributed by atoms with Crippen molar-refractivity contribution in [1.29, 1.82) is 0 Å². The van der Waals surface area contributed by atoms with Gasteiger partial charge in [-0.15, -0.1) is 6.58 Å². The lowest BCUT2D eigenvalue weighted by Crippen LogP contribution is -2.39. The number of nitrogens with one attached hydrogen (secondary N) is 1. The molecule has 4 nitrogen and oxygen atoms in total. The molecule has 1 fully saturated rings. The number of amides is 1. The molecule has 1 heterocycles. The van der Waals surface area contributed by atoms with Crippen LogP contribution >= 0.6 is 0 Å². The van der Waals surface area contributed by atoms with E-state index in [9.17, 15) is 9.59 Å². The van der Waals surface area contributed by atoms with Gasteiger partial charge in [0.25, 0.3) is 5.91 Å². The minimum Gasteiger partial charge on any atom is -0.456 e. The van der Waals surface area contributed by atoms with Crippen molar-refractivity contribution < 1.29 is 14.0 Å². The van der Waals surface area contributed by atoms with Crippen molar-refractivity contribution >= 4 is 11.7 Å². The molecule has 1 aromatic carbocycles. The molecule has 1 aromatic heterocycles. The second kappa shape index (κ2) is 9.36. The normalized spacial score (nSPS) is 14.4. The van der Waals surface area contributed by atoms with E-state index in [0.29, 0.717) is 11.3 Å². The van der Waals surface area contributed by atoms with Crippen LogP contribution in [0, 0.1) is 0 Å². The minimum absolute atomic E-state index is 0.0913. The monoisotopic (exact) mass is 367 g/mol. The van der Waals surface area contributed by atoms with Crippen molar-refractivity contribution in [3.8, 4) is 0 Å². The van der Waals surface area contributed by atoms with E-state index in [-0.39, 0.29) is 29.4 Å². The largest absolute Gasteiger partial charge is 0.456 e. The van der Waals surface area contributed by atoms with Crippen molar-refractivity contribution in [3.05, 3.63) is 71.2 Å². The van der Waals surface area contributed by atoms with E-state index < -0.39 is 0 Å². The number of allylic oxidation sites excluding steroid dienone is 1. The van der Waals surface area contributed by atoms with Crippen molar-refractivity contribution in [3.63, 3.8) is 0 Å². The molecule has 1 aliphatic rings. The number of carbonyl (C=O) groups excluding carboxylic acids is 2. The van der Waals surface area contributed by atoms with Crippen molar-refractivity contribution in [2.75, 3.05) is 0 Å². The van der Waals surface area contributed by atoms with Crippen LogP contribution in [0.2, 0.25) is 0 Å². The summed E-state index contributed by atoms with van der Waals surface area (Å²) in [6.45, 7) is 10.9. The molecule has 0 saturated heterocycles. The fourth-order valence-corrected chi connectivity index (χ4v) is 2.79. The molecule has 0 radical (unpaired) electrons. The second-order valence-corrected chi connectivity index (χ2v) is 7.39. The maximum absolute atomic E-state index is 12.6. The smallest absolute Gasteiger partial charge is 0.255 e. The lowest BCUT2D eigenvalue weighted by molar-refractivity contribution is 0.0913. The van der Waals surface area contributed by atoms with Crippen LogP contribution < -0.4 is 5.32 Å². The van der Waals surface area contributed by atoms with Gasteiger partial charge in [0, 0.05) is 24.9 Å². The number of benzene rings is 1. The van der Waals surface area contributed by atoms with E-state index in [1.165, 1.54) is 12.5 Å². The van der Waals surface area contributed by atoms with Crippen LogP contribution in [-0.2, 0) is 0 Å². The Balaban J connectivity index is 0.000000596. The Morgan fingerprint density at radius 3 is 2.22 bits per heavy atom. The summed E-state index contributed by atoms with van der Waals surface area (Å²) in [6.07, 6.45) is 3.20. The van der Waals surface area contributed by atoms with Crippen LogP contribution in [-0.4, -0.2) is 17.7 Å². The summed E-state index contributed by atoms with van der Waals surface area (Å²) in [4.78, 5) is 24.2. The van der Waals surface area contributed by atoms with Gasteiger partial charge in [-0.05, 0) is 38.7 Å². The molecule has 144 valence electrons. The number of carbonyl (C=O) groups is 2. The molecule has 0 spiro atoms. The third-order valence-corrected chi connectivity index (χ3v) is 4.49. The van der Waals surface area contributed by atoms with E-state index in [1.54, 1.807) is 6.07 Å². The van der Waals surface area contributed by atoms with E-state index in [1.807, 2.05) is 51.1 Å². The molecule has 27 heavy (non-hydrogen) atoms. The van der Waals surface area contributed by atoms with Gasteiger partial charge < -0.3 is 9.73 Å². The molecule has 2 aromatic rings. The number of rotatable bonds is 5. The third kappa shape index (κ3) is 5.68. The maximum Gasteiger partial charge on any atom is 0.255 e. The summed E-state index contributed by atoms with van der Waals surface area (Å²) < 4.78 is 5.74. The first-order valence-electron chi connectivity index (χ1n) is 9.42. The fraction of sp³-hybridized carbons (Fsp3) is 0.391. The average Bonchev–Trinajstić information content (AvgIpc) is 3.03. The van der Waals surface area contributed by atoms with E-state index in [2.05, 4.69) is 11.9 Å². The minimum atomic E-state index is -0.172. The van der Waals surface area contributed by atoms with Crippen molar-refractivity contribution in [2.24, 2.45) is 0 Å². The van der Waals surface area contributed by atoms with Crippen molar-refractivity contribution in [2.45, 2.75) is 58.9 Å². The summed E-state index contributed by atoms with van der Waals surface area (Å²) in [5.41, 5.74) is 2.69. The molecule has 1 saturated carbocycles. The van der Waals surface area contributed by atoms with E-state index in [4.69, 9.17) is 4.42 Å². The Morgan fingerprint density at radius 1 is 1.15 bits per heavy atom. The first kappa shape index (κ1) is 20.7. The molecule has 0 aliphatic heterocycles. The summed E-state index contributed by atoms with van der Waals surface area (Å²) >= 11 is 0. The molecule has 1 amide bonds. The molecule has 3 rings (SSSR count). The van der Waals surface area contributed by atoms with E-state index in [0.717, 1.165) is 24.8 Å². The van der Waals surface area contributed by atoms with Crippen LogP contribution in [0.25, 0.3) is 0 Å².